The highest BCUT2D eigenvalue weighted by Gasteiger charge is 2.36. The Labute approximate surface area is 192 Å². The topological polar surface area (TPSA) is 92.8 Å². The number of nitrogens with one attached hydrogen (secondary N) is 1. The summed E-state index contributed by atoms with van der Waals surface area (Å²) >= 11 is 0. The van der Waals surface area contributed by atoms with Crippen LogP contribution in [0.25, 0.3) is 6.08 Å². The van der Waals surface area contributed by atoms with E-state index >= 15 is 0 Å². The maximum absolute atomic E-state index is 12.7. The Bertz CT molecular complexity index is 1260. The van der Waals surface area contributed by atoms with E-state index in [1.807, 2.05) is 30.3 Å². The zero-order valence-corrected chi connectivity index (χ0v) is 18.4. The predicted molar refractivity (Wildman–Crippen MR) is 125 cm³/mol. The van der Waals surface area contributed by atoms with Crippen molar-refractivity contribution in [3.8, 4) is 0 Å². The van der Waals surface area contributed by atoms with Gasteiger partial charge in [-0.3, -0.25) is 9.52 Å². The lowest BCUT2D eigenvalue weighted by atomic mass is 10.1. The molecule has 1 aliphatic rings. The number of ether oxygens (including phenoxy) is 1. The Morgan fingerprint density at radius 1 is 0.970 bits per heavy atom. The number of hydrogen-bond acceptors (Lipinski definition) is 5. The summed E-state index contributed by atoms with van der Waals surface area (Å²) < 4.78 is 32.5. The van der Waals surface area contributed by atoms with Gasteiger partial charge in [-0.2, -0.15) is 0 Å². The zero-order valence-electron chi connectivity index (χ0n) is 17.6. The number of cyclic esters (lactones) is 1. The summed E-state index contributed by atoms with van der Waals surface area (Å²) in [6.07, 6.45) is 2.75. The molecule has 2 amide bonds. The zero-order chi connectivity index (χ0) is 23.3. The number of carbonyl (C=O) groups is 2. The predicted octanol–water partition coefficient (Wildman–Crippen LogP) is 4.09. The van der Waals surface area contributed by atoms with Gasteiger partial charge in [-0.15, -0.1) is 0 Å². The van der Waals surface area contributed by atoms with Crippen molar-refractivity contribution in [3.05, 3.63) is 102 Å². The van der Waals surface area contributed by atoms with E-state index in [2.05, 4.69) is 4.72 Å². The van der Waals surface area contributed by atoms with Crippen LogP contribution in [0.3, 0.4) is 0 Å². The number of benzene rings is 3. The molecule has 0 spiro atoms. The van der Waals surface area contributed by atoms with Crippen molar-refractivity contribution < 1.29 is 22.7 Å². The molecule has 0 aromatic heterocycles. The third kappa shape index (κ3) is 5.48. The normalized spacial score (nSPS) is 16.1. The molecule has 4 rings (SSSR count). The van der Waals surface area contributed by atoms with Crippen LogP contribution in [-0.4, -0.2) is 38.0 Å². The highest BCUT2D eigenvalue weighted by Crippen LogP contribution is 2.20. The lowest BCUT2D eigenvalue weighted by molar-refractivity contribution is -0.124. The number of imide groups is 1. The van der Waals surface area contributed by atoms with Crippen LogP contribution < -0.4 is 4.72 Å². The highest BCUT2D eigenvalue weighted by molar-refractivity contribution is 7.92. The fraction of sp³-hybridized carbons (Fsp3) is 0.120. The third-order valence-corrected chi connectivity index (χ3v) is 6.54. The van der Waals surface area contributed by atoms with Gasteiger partial charge in [0.05, 0.1) is 10.9 Å². The number of nitrogens with zero attached hydrogens (tertiary/aromatic N) is 1. The maximum atomic E-state index is 12.7. The first-order valence-corrected chi connectivity index (χ1v) is 11.8. The van der Waals surface area contributed by atoms with Crippen molar-refractivity contribution in [1.82, 2.24) is 4.90 Å². The quantitative estimate of drug-likeness (QED) is 0.534. The van der Waals surface area contributed by atoms with Gasteiger partial charge in [0.15, 0.2) is 0 Å². The molecule has 33 heavy (non-hydrogen) atoms. The second-order valence-corrected chi connectivity index (χ2v) is 9.18. The minimum absolute atomic E-state index is 0.156. The van der Waals surface area contributed by atoms with Crippen LogP contribution in [0.1, 0.15) is 11.1 Å². The Hall–Kier alpha value is -3.91. The van der Waals surface area contributed by atoms with Crippen LogP contribution in [0.5, 0.6) is 0 Å². The number of anilines is 1. The lowest BCUT2D eigenvalue weighted by Gasteiger charge is -2.18. The van der Waals surface area contributed by atoms with Gasteiger partial charge in [-0.05, 0) is 47.9 Å². The Kier molecular flexibility index (Phi) is 6.55. The summed E-state index contributed by atoms with van der Waals surface area (Å²) in [4.78, 5) is 26.1. The van der Waals surface area contributed by atoms with E-state index < -0.39 is 22.0 Å². The van der Waals surface area contributed by atoms with E-state index in [1.54, 1.807) is 48.5 Å². The van der Waals surface area contributed by atoms with Gasteiger partial charge in [0.25, 0.3) is 15.9 Å². The molecule has 1 saturated heterocycles. The van der Waals surface area contributed by atoms with Crippen LogP contribution in [0.2, 0.25) is 0 Å². The molecule has 0 bridgehead atoms. The van der Waals surface area contributed by atoms with Gasteiger partial charge < -0.3 is 4.74 Å². The van der Waals surface area contributed by atoms with Crippen LogP contribution in [0.15, 0.2) is 95.9 Å². The fourth-order valence-electron chi connectivity index (χ4n) is 3.49. The van der Waals surface area contributed by atoms with Gasteiger partial charge in [0.1, 0.15) is 6.61 Å². The SMILES string of the molecule is O=C(/C=C/c1ccc(NS(=O)(=O)c2ccccc2)cc1)N1C(=O)OC[C@@H]1Cc1ccccc1. The van der Waals surface area contributed by atoms with Crippen LogP contribution in [0, 0.1) is 0 Å². The first kappa shape index (κ1) is 22.3. The summed E-state index contributed by atoms with van der Waals surface area (Å²) in [5.41, 5.74) is 2.09. The van der Waals surface area contributed by atoms with Crippen LogP contribution in [-0.2, 0) is 26.0 Å². The average Bonchev–Trinajstić information content (AvgIpc) is 3.19. The number of rotatable bonds is 7. The largest absolute Gasteiger partial charge is 0.447 e. The van der Waals surface area contributed by atoms with E-state index in [-0.39, 0.29) is 17.5 Å². The first-order chi connectivity index (χ1) is 15.9. The molecule has 7 nitrogen and oxygen atoms in total. The second-order valence-electron chi connectivity index (χ2n) is 7.50. The molecule has 0 radical (unpaired) electrons. The fourth-order valence-corrected chi connectivity index (χ4v) is 4.57. The summed E-state index contributed by atoms with van der Waals surface area (Å²) in [5.74, 6) is -0.465. The molecule has 1 fully saturated rings. The van der Waals surface area contributed by atoms with Gasteiger partial charge >= 0.3 is 6.09 Å². The third-order valence-electron chi connectivity index (χ3n) is 5.15. The summed E-state index contributed by atoms with van der Waals surface area (Å²) in [6, 6.07) is 23.9. The van der Waals surface area contributed by atoms with E-state index in [0.717, 1.165) is 10.5 Å². The molecule has 1 N–H and O–H groups in total. The van der Waals surface area contributed by atoms with E-state index in [4.69, 9.17) is 4.74 Å². The molecule has 168 valence electrons. The molecule has 0 saturated carbocycles. The molecule has 8 heteroatoms. The molecule has 1 heterocycles. The lowest BCUT2D eigenvalue weighted by Crippen LogP contribution is -2.39. The molecule has 3 aromatic carbocycles. The van der Waals surface area contributed by atoms with Crippen LogP contribution >= 0.6 is 0 Å². The number of sulfonamides is 1. The van der Waals surface area contributed by atoms with Crippen molar-refractivity contribution in [1.29, 1.82) is 0 Å². The van der Waals surface area contributed by atoms with Gasteiger partial charge in [0.2, 0.25) is 0 Å². The monoisotopic (exact) mass is 462 g/mol. The smallest absolute Gasteiger partial charge is 0.417 e. The molecule has 1 aliphatic heterocycles. The molecular weight excluding hydrogens is 440 g/mol. The molecular formula is C25H22N2O5S. The highest BCUT2D eigenvalue weighted by atomic mass is 32.2. The standard InChI is InChI=1S/C25H22N2O5S/c28-24(27-22(18-32-25(27)29)17-20-7-3-1-4-8-20)16-13-19-11-14-21(15-12-19)26-33(30,31)23-9-5-2-6-10-23/h1-16,22,26H,17-18H2/b16-13+/t22-/m0/s1. The molecule has 1 atom stereocenters. The summed E-state index contributed by atoms with van der Waals surface area (Å²) in [6.45, 7) is 0.156. The number of carbonyl (C=O) groups excluding carboxylic acids is 2. The minimum Gasteiger partial charge on any atom is -0.447 e. The number of hydrogen-bond donors (Lipinski definition) is 1. The van der Waals surface area contributed by atoms with E-state index in [9.17, 15) is 18.0 Å². The summed E-state index contributed by atoms with van der Waals surface area (Å²) in [7, 11) is -3.68. The Balaban J connectivity index is 1.41. The van der Waals surface area contributed by atoms with Gasteiger partial charge in [-0.25, -0.2) is 18.1 Å². The van der Waals surface area contributed by atoms with Crippen molar-refractivity contribution in [2.45, 2.75) is 17.4 Å². The van der Waals surface area contributed by atoms with Gasteiger partial charge in [0, 0.05) is 11.8 Å². The molecule has 0 aliphatic carbocycles. The number of amides is 2. The second kappa shape index (κ2) is 9.70. The van der Waals surface area contributed by atoms with Crippen molar-refractivity contribution in [2.24, 2.45) is 0 Å². The maximum Gasteiger partial charge on any atom is 0.417 e. The first-order valence-electron chi connectivity index (χ1n) is 10.3. The summed E-state index contributed by atoms with van der Waals surface area (Å²) in [5, 5.41) is 0. The van der Waals surface area contributed by atoms with Crippen molar-refractivity contribution >= 4 is 33.8 Å². The Morgan fingerprint density at radius 2 is 1.61 bits per heavy atom. The minimum atomic E-state index is -3.68. The van der Waals surface area contributed by atoms with Crippen LogP contribution in [0.4, 0.5) is 10.5 Å². The molecule has 3 aromatic rings. The van der Waals surface area contributed by atoms with E-state index in [1.165, 1.54) is 18.2 Å². The Morgan fingerprint density at radius 3 is 2.27 bits per heavy atom. The van der Waals surface area contributed by atoms with E-state index in [0.29, 0.717) is 17.7 Å². The van der Waals surface area contributed by atoms with Crippen molar-refractivity contribution in [2.75, 3.05) is 11.3 Å². The average molecular weight is 463 g/mol. The molecule has 0 unspecified atom stereocenters. The van der Waals surface area contributed by atoms with Crippen molar-refractivity contribution in [3.63, 3.8) is 0 Å². The van der Waals surface area contributed by atoms with Gasteiger partial charge in [-0.1, -0.05) is 60.7 Å².